The number of hydrogen-bond acceptors (Lipinski definition) is 3. The lowest BCUT2D eigenvalue weighted by Crippen LogP contribution is -2.06. The molecule has 1 aromatic rings. The van der Waals surface area contributed by atoms with Crippen LogP contribution in [-0.2, 0) is 11.2 Å². The molecule has 4 heteroatoms. The largest absolute Gasteiger partial charge is 0.497 e. The third kappa shape index (κ3) is 2.80. The predicted octanol–water partition coefficient (Wildman–Crippen LogP) is 1.52. The monoisotopic (exact) mass is 208 g/mol. The molecular formula is C11H12O4. The number of carboxylic acid groups (broad SMARTS) is 1. The number of ether oxygens (including phenoxy) is 1. The van der Waals surface area contributed by atoms with Gasteiger partial charge in [-0.1, -0.05) is 0 Å². The first kappa shape index (κ1) is 11.2. The van der Waals surface area contributed by atoms with E-state index in [2.05, 4.69) is 0 Å². The Balaban J connectivity index is 3.16. The molecule has 0 heterocycles. The van der Waals surface area contributed by atoms with E-state index in [-0.39, 0.29) is 17.8 Å². The molecule has 0 aliphatic carbocycles. The van der Waals surface area contributed by atoms with Gasteiger partial charge in [-0.05, 0) is 30.7 Å². The van der Waals surface area contributed by atoms with Gasteiger partial charge < -0.3 is 9.84 Å². The van der Waals surface area contributed by atoms with Gasteiger partial charge >= 0.3 is 5.97 Å². The maximum atomic E-state index is 11.0. The zero-order chi connectivity index (χ0) is 11.4. The number of ketones is 1. The number of rotatable bonds is 4. The predicted molar refractivity (Wildman–Crippen MR) is 54.3 cm³/mol. The highest BCUT2D eigenvalue weighted by atomic mass is 16.5. The van der Waals surface area contributed by atoms with Gasteiger partial charge in [-0.3, -0.25) is 4.79 Å². The number of benzene rings is 1. The highest BCUT2D eigenvalue weighted by Crippen LogP contribution is 2.18. The van der Waals surface area contributed by atoms with Crippen LogP contribution in [0.5, 0.6) is 5.75 Å². The Hall–Kier alpha value is -1.84. The summed E-state index contributed by atoms with van der Waals surface area (Å²) in [5.74, 6) is -0.559. The molecule has 80 valence electrons. The smallest absolute Gasteiger partial charge is 0.335 e. The van der Waals surface area contributed by atoms with E-state index in [0.717, 1.165) is 0 Å². The van der Waals surface area contributed by atoms with Gasteiger partial charge in [-0.2, -0.15) is 0 Å². The summed E-state index contributed by atoms with van der Waals surface area (Å²) in [6.07, 6.45) is 0.110. The maximum absolute atomic E-state index is 11.0. The summed E-state index contributed by atoms with van der Waals surface area (Å²) in [7, 11) is 1.49. The van der Waals surface area contributed by atoms with Gasteiger partial charge in [0.05, 0.1) is 12.7 Å². The molecule has 0 saturated carbocycles. The minimum absolute atomic E-state index is 0.0780. The van der Waals surface area contributed by atoms with Crippen molar-refractivity contribution in [3.05, 3.63) is 29.3 Å². The summed E-state index contributed by atoms with van der Waals surface area (Å²) >= 11 is 0. The van der Waals surface area contributed by atoms with Gasteiger partial charge in [0.1, 0.15) is 11.5 Å². The molecule has 0 spiro atoms. The Labute approximate surface area is 87.5 Å². The fraction of sp³-hybridized carbons (Fsp3) is 0.273. The standard InChI is InChI=1S/C11H12O4/c1-7(12)5-8-6-9(15-2)3-4-10(8)11(13)14/h3-4,6H,5H2,1-2H3,(H,13,14). The van der Waals surface area contributed by atoms with Gasteiger partial charge in [-0.25, -0.2) is 4.79 Å². The summed E-state index contributed by atoms with van der Waals surface area (Å²) in [6, 6.07) is 4.58. The zero-order valence-electron chi connectivity index (χ0n) is 8.61. The zero-order valence-corrected chi connectivity index (χ0v) is 8.61. The number of hydrogen-bond donors (Lipinski definition) is 1. The van der Waals surface area contributed by atoms with Crippen LogP contribution in [0.25, 0.3) is 0 Å². The highest BCUT2D eigenvalue weighted by Gasteiger charge is 2.12. The number of Topliss-reactive ketones (excluding diaryl/α,β-unsaturated/α-hetero) is 1. The maximum Gasteiger partial charge on any atom is 0.335 e. The third-order valence-corrected chi connectivity index (χ3v) is 1.98. The molecule has 0 fully saturated rings. The lowest BCUT2D eigenvalue weighted by Gasteiger charge is -2.06. The van der Waals surface area contributed by atoms with E-state index in [0.29, 0.717) is 11.3 Å². The van der Waals surface area contributed by atoms with Gasteiger partial charge in [0.25, 0.3) is 0 Å². The first-order chi connectivity index (χ1) is 7.04. The van der Waals surface area contributed by atoms with Crippen molar-refractivity contribution in [2.75, 3.05) is 7.11 Å². The van der Waals surface area contributed by atoms with Crippen LogP contribution in [0.2, 0.25) is 0 Å². The van der Waals surface area contributed by atoms with Crippen LogP contribution in [0.1, 0.15) is 22.8 Å². The SMILES string of the molecule is COc1ccc(C(=O)O)c(CC(C)=O)c1. The number of carbonyl (C=O) groups excluding carboxylic acids is 1. The molecule has 1 N–H and O–H groups in total. The van der Waals surface area contributed by atoms with E-state index in [1.165, 1.54) is 20.1 Å². The van der Waals surface area contributed by atoms with Crippen LogP contribution in [0.4, 0.5) is 0 Å². The molecule has 0 atom stereocenters. The van der Waals surface area contributed by atoms with Crippen molar-refractivity contribution in [1.82, 2.24) is 0 Å². The molecule has 1 aromatic carbocycles. The van der Waals surface area contributed by atoms with E-state index >= 15 is 0 Å². The number of carbonyl (C=O) groups is 2. The van der Waals surface area contributed by atoms with Crippen molar-refractivity contribution in [3.8, 4) is 5.75 Å². The van der Waals surface area contributed by atoms with E-state index < -0.39 is 5.97 Å². The molecule has 0 saturated heterocycles. The second-order valence-electron chi connectivity index (χ2n) is 3.21. The molecular weight excluding hydrogens is 196 g/mol. The average molecular weight is 208 g/mol. The summed E-state index contributed by atoms with van der Waals surface area (Å²) < 4.78 is 4.97. The van der Waals surface area contributed by atoms with E-state index in [9.17, 15) is 9.59 Å². The van der Waals surface area contributed by atoms with E-state index in [4.69, 9.17) is 9.84 Å². The molecule has 0 amide bonds. The minimum Gasteiger partial charge on any atom is -0.497 e. The van der Waals surface area contributed by atoms with Crippen molar-refractivity contribution in [2.45, 2.75) is 13.3 Å². The Bertz CT molecular complexity index is 396. The summed E-state index contributed by atoms with van der Waals surface area (Å²) in [5.41, 5.74) is 0.625. The van der Waals surface area contributed by atoms with Crippen LogP contribution >= 0.6 is 0 Å². The molecule has 0 aliphatic heterocycles. The van der Waals surface area contributed by atoms with Gasteiger partial charge in [0, 0.05) is 6.42 Å². The van der Waals surface area contributed by atoms with Crippen molar-refractivity contribution in [3.63, 3.8) is 0 Å². The molecule has 0 radical (unpaired) electrons. The van der Waals surface area contributed by atoms with Crippen LogP contribution < -0.4 is 4.74 Å². The van der Waals surface area contributed by atoms with Crippen LogP contribution in [0, 0.1) is 0 Å². The third-order valence-electron chi connectivity index (χ3n) is 1.98. The normalized spacial score (nSPS) is 9.73. The molecule has 1 rings (SSSR count). The lowest BCUT2D eigenvalue weighted by molar-refractivity contribution is -0.116. The Morgan fingerprint density at radius 2 is 2.07 bits per heavy atom. The van der Waals surface area contributed by atoms with Crippen LogP contribution in [0.3, 0.4) is 0 Å². The minimum atomic E-state index is -1.03. The fourth-order valence-electron chi connectivity index (χ4n) is 1.32. The summed E-state index contributed by atoms with van der Waals surface area (Å²) in [5, 5.41) is 8.89. The van der Waals surface area contributed by atoms with Crippen molar-refractivity contribution >= 4 is 11.8 Å². The van der Waals surface area contributed by atoms with Crippen LogP contribution in [-0.4, -0.2) is 24.0 Å². The molecule has 0 bridgehead atoms. The van der Waals surface area contributed by atoms with Crippen molar-refractivity contribution in [1.29, 1.82) is 0 Å². The van der Waals surface area contributed by atoms with Gasteiger partial charge in [-0.15, -0.1) is 0 Å². The summed E-state index contributed by atoms with van der Waals surface area (Å²) in [6.45, 7) is 1.42. The highest BCUT2D eigenvalue weighted by molar-refractivity contribution is 5.92. The Morgan fingerprint density at radius 1 is 1.40 bits per heavy atom. The second kappa shape index (κ2) is 4.59. The Kier molecular flexibility index (Phi) is 3.44. The molecule has 0 aliphatic rings. The number of carboxylic acids is 1. The number of aromatic carboxylic acids is 1. The Morgan fingerprint density at radius 3 is 2.53 bits per heavy atom. The quantitative estimate of drug-likeness (QED) is 0.814. The number of methoxy groups -OCH3 is 1. The molecule has 0 unspecified atom stereocenters. The molecule has 15 heavy (non-hydrogen) atoms. The average Bonchev–Trinajstić information content (AvgIpc) is 2.16. The first-order valence-corrected chi connectivity index (χ1v) is 4.44. The molecule has 0 aromatic heterocycles. The van der Waals surface area contributed by atoms with Gasteiger partial charge in [0.15, 0.2) is 0 Å². The molecule has 4 nitrogen and oxygen atoms in total. The van der Waals surface area contributed by atoms with E-state index in [1.54, 1.807) is 12.1 Å². The first-order valence-electron chi connectivity index (χ1n) is 4.44. The fourth-order valence-corrected chi connectivity index (χ4v) is 1.32. The topological polar surface area (TPSA) is 63.6 Å². The van der Waals surface area contributed by atoms with E-state index in [1.807, 2.05) is 0 Å². The summed E-state index contributed by atoms with van der Waals surface area (Å²) in [4.78, 5) is 21.8. The van der Waals surface area contributed by atoms with Crippen molar-refractivity contribution < 1.29 is 19.4 Å². The second-order valence-corrected chi connectivity index (χ2v) is 3.21. The van der Waals surface area contributed by atoms with Crippen molar-refractivity contribution in [2.24, 2.45) is 0 Å². The lowest BCUT2D eigenvalue weighted by atomic mass is 10.0. The van der Waals surface area contributed by atoms with Gasteiger partial charge in [0.2, 0.25) is 0 Å². The van der Waals surface area contributed by atoms with Crippen LogP contribution in [0.15, 0.2) is 18.2 Å².